The molecule has 0 unspecified atom stereocenters. The minimum absolute atomic E-state index is 0.101. The van der Waals surface area contributed by atoms with Crippen molar-refractivity contribution in [2.24, 2.45) is 0 Å². The molecule has 0 aromatic carbocycles. The van der Waals surface area contributed by atoms with Crippen molar-refractivity contribution in [1.82, 2.24) is 19.8 Å². The van der Waals surface area contributed by atoms with E-state index in [-0.39, 0.29) is 6.01 Å². The predicted molar refractivity (Wildman–Crippen MR) is 56.0 cm³/mol. The van der Waals surface area contributed by atoms with E-state index in [2.05, 4.69) is 20.2 Å². The lowest BCUT2D eigenvalue weighted by Gasteiger charge is -2.25. The molecular weight excluding hydrogens is 234 g/mol. The van der Waals surface area contributed by atoms with Crippen molar-refractivity contribution in [2.75, 3.05) is 30.9 Å². The zero-order valence-corrected chi connectivity index (χ0v) is 9.62. The summed E-state index contributed by atoms with van der Waals surface area (Å²) < 4.78 is 31.9. The summed E-state index contributed by atoms with van der Waals surface area (Å²) in [7, 11) is -3.58. The van der Waals surface area contributed by atoms with E-state index < -0.39 is 10.2 Å². The molecule has 1 fully saturated rings. The molecule has 90 valence electrons. The summed E-state index contributed by atoms with van der Waals surface area (Å²) in [5, 5.41) is 6.57. The molecule has 1 aliphatic rings. The van der Waals surface area contributed by atoms with Crippen LogP contribution in [0.4, 0.5) is 6.01 Å². The fourth-order valence-electron chi connectivity index (χ4n) is 1.40. The Morgan fingerprint density at radius 2 is 2.12 bits per heavy atom. The van der Waals surface area contributed by atoms with Crippen LogP contribution in [0.2, 0.25) is 0 Å². The number of anilines is 1. The van der Waals surface area contributed by atoms with Gasteiger partial charge in [-0.1, -0.05) is 5.16 Å². The fourth-order valence-corrected chi connectivity index (χ4v) is 2.49. The normalized spacial score (nSPS) is 18.6. The molecule has 1 aromatic rings. The molecule has 8 nitrogen and oxygen atoms in total. The molecule has 2 heterocycles. The Kier molecular flexibility index (Phi) is 3.08. The van der Waals surface area contributed by atoms with E-state index in [1.54, 1.807) is 6.92 Å². The molecule has 2 rings (SSSR count). The van der Waals surface area contributed by atoms with Crippen molar-refractivity contribution in [2.45, 2.75) is 6.92 Å². The average molecular weight is 247 g/mol. The Morgan fingerprint density at radius 1 is 1.44 bits per heavy atom. The third kappa shape index (κ3) is 2.49. The number of aromatic nitrogens is 2. The highest BCUT2D eigenvalue weighted by Gasteiger charge is 2.25. The topological polar surface area (TPSA) is 100 Å². The van der Waals surface area contributed by atoms with E-state index >= 15 is 0 Å². The van der Waals surface area contributed by atoms with Gasteiger partial charge in [-0.2, -0.15) is 17.7 Å². The highest BCUT2D eigenvalue weighted by atomic mass is 32.2. The SMILES string of the molecule is Cc1noc(NS(=O)(=O)N2CCNCC2)n1. The smallest absolute Gasteiger partial charge is 0.314 e. The van der Waals surface area contributed by atoms with Gasteiger partial charge in [0.05, 0.1) is 0 Å². The lowest BCUT2D eigenvalue weighted by Crippen LogP contribution is -2.48. The monoisotopic (exact) mass is 247 g/mol. The molecule has 0 bridgehead atoms. The van der Waals surface area contributed by atoms with Crippen molar-refractivity contribution in [3.05, 3.63) is 5.82 Å². The molecule has 1 aliphatic heterocycles. The third-order valence-electron chi connectivity index (χ3n) is 2.16. The second-order valence-electron chi connectivity index (χ2n) is 3.40. The van der Waals surface area contributed by atoms with E-state index in [4.69, 9.17) is 4.52 Å². The Morgan fingerprint density at radius 3 is 2.69 bits per heavy atom. The van der Waals surface area contributed by atoms with Crippen LogP contribution in [0.15, 0.2) is 4.52 Å². The van der Waals surface area contributed by atoms with Crippen molar-refractivity contribution >= 4 is 16.2 Å². The Labute approximate surface area is 93.2 Å². The molecule has 0 saturated carbocycles. The van der Waals surface area contributed by atoms with Crippen molar-refractivity contribution in [3.8, 4) is 0 Å². The molecule has 0 aliphatic carbocycles. The fraction of sp³-hybridized carbons (Fsp3) is 0.714. The van der Waals surface area contributed by atoms with E-state index in [9.17, 15) is 8.42 Å². The molecule has 0 spiro atoms. The van der Waals surface area contributed by atoms with Crippen molar-refractivity contribution in [1.29, 1.82) is 0 Å². The molecule has 0 amide bonds. The van der Waals surface area contributed by atoms with Gasteiger partial charge in [-0.15, -0.1) is 0 Å². The first-order chi connectivity index (χ1) is 7.58. The summed E-state index contributed by atoms with van der Waals surface area (Å²) in [4.78, 5) is 3.78. The maximum absolute atomic E-state index is 11.8. The Bertz CT molecular complexity index is 450. The number of aryl methyl sites for hydroxylation is 1. The van der Waals surface area contributed by atoms with Gasteiger partial charge >= 0.3 is 16.2 Å². The minimum atomic E-state index is -3.58. The molecule has 2 N–H and O–H groups in total. The first kappa shape index (κ1) is 11.3. The van der Waals surface area contributed by atoms with Crippen LogP contribution in [0.25, 0.3) is 0 Å². The van der Waals surface area contributed by atoms with Gasteiger partial charge in [-0.05, 0) is 6.92 Å². The van der Waals surface area contributed by atoms with Gasteiger partial charge < -0.3 is 9.84 Å². The average Bonchev–Trinajstić information content (AvgIpc) is 2.64. The molecule has 1 saturated heterocycles. The summed E-state index contributed by atoms with van der Waals surface area (Å²) in [6, 6.07) is -0.101. The van der Waals surface area contributed by atoms with Crippen LogP contribution in [-0.2, 0) is 10.2 Å². The van der Waals surface area contributed by atoms with E-state index in [1.165, 1.54) is 4.31 Å². The molecule has 16 heavy (non-hydrogen) atoms. The van der Waals surface area contributed by atoms with Crippen LogP contribution in [0.1, 0.15) is 5.82 Å². The number of hydrogen-bond acceptors (Lipinski definition) is 6. The van der Waals surface area contributed by atoms with Gasteiger partial charge in [0.25, 0.3) is 0 Å². The Balaban J connectivity index is 2.07. The van der Waals surface area contributed by atoms with Gasteiger partial charge in [-0.3, -0.25) is 0 Å². The summed E-state index contributed by atoms with van der Waals surface area (Å²) in [5.74, 6) is 0.387. The first-order valence-corrected chi connectivity index (χ1v) is 6.31. The summed E-state index contributed by atoms with van der Waals surface area (Å²) in [6.07, 6.45) is 0. The minimum Gasteiger partial charge on any atom is -0.314 e. The maximum Gasteiger partial charge on any atom is 0.336 e. The predicted octanol–water partition coefficient (Wildman–Crippen LogP) is -1.06. The van der Waals surface area contributed by atoms with E-state index in [1.807, 2.05) is 0 Å². The van der Waals surface area contributed by atoms with Crippen LogP contribution >= 0.6 is 0 Å². The highest BCUT2D eigenvalue weighted by molar-refractivity contribution is 7.90. The number of nitrogens with zero attached hydrogens (tertiary/aromatic N) is 3. The molecule has 9 heteroatoms. The van der Waals surface area contributed by atoms with Crippen molar-refractivity contribution in [3.63, 3.8) is 0 Å². The summed E-state index contributed by atoms with van der Waals surface area (Å²) >= 11 is 0. The quantitative estimate of drug-likeness (QED) is 0.706. The Hall–Kier alpha value is -1.19. The lowest BCUT2D eigenvalue weighted by molar-refractivity contribution is 0.360. The van der Waals surface area contributed by atoms with Gasteiger partial charge in [0.2, 0.25) is 0 Å². The summed E-state index contributed by atoms with van der Waals surface area (Å²) in [5.41, 5.74) is 0. The molecular formula is C7H13N5O3S. The molecule has 0 atom stereocenters. The van der Waals surface area contributed by atoms with Gasteiger partial charge in [0.15, 0.2) is 5.82 Å². The maximum atomic E-state index is 11.8. The van der Waals surface area contributed by atoms with Crippen LogP contribution < -0.4 is 10.0 Å². The second kappa shape index (κ2) is 4.36. The van der Waals surface area contributed by atoms with E-state index in [0.29, 0.717) is 32.0 Å². The second-order valence-corrected chi connectivity index (χ2v) is 5.07. The van der Waals surface area contributed by atoms with E-state index in [0.717, 1.165) is 0 Å². The number of piperazine rings is 1. The largest absolute Gasteiger partial charge is 0.336 e. The third-order valence-corrected chi connectivity index (χ3v) is 3.64. The zero-order chi connectivity index (χ0) is 11.6. The van der Waals surface area contributed by atoms with Crippen LogP contribution in [0.5, 0.6) is 0 Å². The number of nitrogens with one attached hydrogen (secondary N) is 2. The number of rotatable bonds is 3. The standard InChI is InChI=1S/C7H13N5O3S/c1-6-9-7(15-10-6)11-16(13,14)12-4-2-8-3-5-12/h8H,2-5H2,1H3,(H,9,10,11). The number of hydrogen-bond donors (Lipinski definition) is 2. The van der Waals surface area contributed by atoms with Crippen molar-refractivity contribution < 1.29 is 12.9 Å². The highest BCUT2D eigenvalue weighted by Crippen LogP contribution is 2.09. The van der Waals surface area contributed by atoms with Crippen LogP contribution in [0, 0.1) is 6.92 Å². The molecule has 0 radical (unpaired) electrons. The first-order valence-electron chi connectivity index (χ1n) is 4.87. The van der Waals surface area contributed by atoms with Crippen LogP contribution in [0.3, 0.4) is 0 Å². The van der Waals surface area contributed by atoms with Gasteiger partial charge in [0, 0.05) is 26.2 Å². The zero-order valence-electron chi connectivity index (χ0n) is 8.80. The van der Waals surface area contributed by atoms with Gasteiger partial charge in [-0.25, -0.2) is 4.72 Å². The lowest BCUT2D eigenvalue weighted by atomic mass is 10.4. The van der Waals surface area contributed by atoms with Gasteiger partial charge in [0.1, 0.15) is 0 Å². The summed E-state index contributed by atoms with van der Waals surface area (Å²) in [6.45, 7) is 3.77. The van der Waals surface area contributed by atoms with Crippen LogP contribution in [-0.4, -0.2) is 49.0 Å². The molecule has 1 aromatic heterocycles.